The zero-order valence-electron chi connectivity index (χ0n) is 12.6. The number of rotatable bonds is 4. The summed E-state index contributed by atoms with van der Waals surface area (Å²) in [5, 5.41) is 3.46. The second-order valence-electron chi connectivity index (χ2n) is 6.03. The molecule has 2 heterocycles. The van der Waals surface area contributed by atoms with E-state index in [1.807, 2.05) is 0 Å². The third-order valence-electron chi connectivity index (χ3n) is 4.46. The Hall–Kier alpha value is -1.40. The van der Waals surface area contributed by atoms with E-state index in [1.165, 1.54) is 6.20 Å². The van der Waals surface area contributed by atoms with Gasteiger partial charge in [-0.05, 0) is 44.2 Å². The molecule has 22 heavy (non-hydrogen) atoms. The Labute approximate surface area is 134 Å². The third-order valence-corrected chi connectivity index (χ3v) is 4.64. The summed E-state index contributed by atoms with van der Waals surface area (Å²) in [4.78, 5) is 20.0. The maximum atomic E-state index is 12.0. The first-order chi connectivity index (χ1) is 10.6. The van der Waals surface area contributed by atoms with Crippen LogP contribution < -0.4 is 5.32 Å². The van der Waals surface area contributed by atoms with Gasteiger partial charge in [-0.25, -0.2) is 9.78 Å². The smallest absolute Gasteiger partial charge is 0.343 e. The number of hydrogen-bond acceptors (Lipinski definition) is 6. The molecule has 1 N–H and O–H groups in total. The number of hydrogen-bond donors (Lipinski definition) is 1. The minimum absolute atomic E-state index is 0.121. The van der Waals surface area contributed by atoms with Gasteiger partial charge in [0.05, 0.1) is 19.8 Å². The van der Waals surface area contributed by atoms with Crippen LogP contribution in [0.15, 0.2) is 6.20 Å². The lowest BCUT2D eigenvalue weighted by molar-refractivity contribution is -0.131. The van der Waals surface area contributed by atoms with Gasteiger partial charge in [-0.15, -0.1) is 0 Å². The van der Waals surface area contributed by atoms with Crippen molar-refractivity contribution in [2.24, 2.45) is 5.41 Å². The Morgan fingerprint density at radius 2 is 2.23 bits per heavy atom. The van der Waals surface area contributed by atoms with Crippen molar-refractivity contribution in [3.63, 3.8) is 0 Å². The monoisotopic (exact) mass is 325 g/mol. The number of anilines is 1. The molecule has 6 nitrogen and oxygen atoms in total. The van der Waals surface area contributed by atoms with Gasteiger partial charge in [0.15, 0.2) is 0 Å². The topological polar surface area (TPSA) is 73.3 Å². The molecule has 0 bridgehead atoms. The van der Waals surface area contributed by atoms with Crippen LogP contribution in [-0.4, -0.2) is 41.8 Å². The highest BCUT2D eigenvalue weighted by Gasteiger charge is 2.41. The van der Waals surface area contributed by atoms with Gasteiger partial charge >= 0.3 is 5.97 Å². The molecule has 0 unspecified atom stereocenters. The Morgan fingerprint density at radius 3 is 2.82 bits per heavy atom. The van der Waals surface area contributed by atoms with E-state index in [-0.39, 0.29) is 11.3 Å². The van der Waals surface area contributed by atoms with Crippen LogP contribution in [-0.2, 0) is 9.47 Å². The van der Waals surface area contributed by atoms with E-state index < -0.39 is 5.97 Å². The van der Waals surface area contributed by atoms with Crippen LogP contribution in [0, 0.1) is 5.41 Å². The standard InChI is InChI=1S/C15H20ClN3O3/c1-2-22-13(20)11-7-17-14(16)19-12(11)18-10-3-5-15(6-4-10)8-21-9-15/h7,10H,2-6,8-9H2,1H3,(H,17,18,19). The summed E-state index contributed by atoms with van der Waals surface area (Å²) < 4.78 is 10.4. The normalized spacial score (nSPS) is 20.5. The number of carbonyl (C=O) groups excluding carboxylic acids is 1. The van der Waals surface area contributed by atoms with Gasteiger partial charge in [-0.1, -0.05) is 0 Å². The van der Waals surface area contributed by atoms with E-state index in [9.17, 15) is 4.79 Å². The molecule has 0 atom stereocenters. The number of halogens is 1. The van der Waals surface area contributed by atoms with Gasteiger partial charge < -0.3 is 14.8 Å². The van der Waals surface area contributed by atoms with Crippen molar-refractivity contribution in [1.82, 2.24) is 9.97 Å². The van der Waals surface area contributed by atoms with Gasteiger partial charge in [0.1, 0.15) is 11.4 Å². The SMILES string of the molecule is CCOC(=O)c1cnc(Cl)nc1NC1CCC2(CC1)COC2. The summed E-state index contributed by atoms with van der Waals surface area (Å²) in [5.41, 5.74) is 0.726. The molecule has 1 saturated carbocycles. The molecule has 1 spiro atoms. The summed E-state index contributed by atoms with van der Waals surface area (Å²) in [6, 6.07) is 0.283. The number of nitrogens with zero attached hydrogens (tertiary/aromatic N) is 2. The molecule has 2 fully saturated rings. The fraction of sp³-hybridized carbons (Fsp3) is 0.667. The van der Waals surface area contributed by atoms with Crippen molar-refractivity contribution < 1.29 is 14.3 Å². The van der Waals surface area contributed by atoms with Gasteiger partial charge in [0.25, 0.3) is 0 Å². The molecule has 1 saturated heterocycles. The van der Waals surface area contributed by atoms with Crippen molar-refractivity contribution >= 4 is 23.4 Å². The highest BCUT2D eigenvalue weighted by molar-refractivity contribution is 6.28. The largest absolute Gasteiger partial charge is 0.462 e. The third kappa shape index (κ3) is 3.17. The second kappa shape index (κ2) is 6.38. The number of nitrogens with one attached hydrogen (secondary N) is 1. The van der Waals surface area contributed by atoms with Crippen LogP contribution in [0.2, 0.25) is 5.28 Å². The minimum atomic E-state index is -0.429. The first-order valence-electron chi connectivity index (χ1n) is 7.66. The molecule has 0 amide bonds. The average Bonchev–Trinajstić information content (AvgIpc) is 2.47. The molecule has 1 aromatic rings. The molecule has 0 radical (unpaired) electrons. The molecule has 1 aliphatic heterocycles. The maximum Gasteiger partial charge on any atom is 0.343 e. The van der Waals surface area contributed by atoms with Crippen molar-refractivity contribution in [3.8, 4) is 0 Å². The molecule has 1 aliphatic carbocycles. The van der Waals surface area contributed by atoms with Crippen LogP contribution in [0.4, 0.5) is 5.82 Å². The molecular weight excluding hydrogens is 306 g/mol. The van der Waals surface area contributed by atoms with Gasteiger partial charge in [0.2, 0.25) is 5.28 Å². The molecule has 1 aromatic heterocycles. The quantitative estimate of drug-likeness (QED) is 0.677. The summed E-state index contributed by atoms with van der Waals surface area (Å²) >= 11 is 5.86. The summed E-state index contributed by atoms with van der Waals surface area (Å²) in [5.74, 6) is 0.0330. The summed E-state index contributed by atoms with van der Waals surface area (Å²) in [6.45, 7) is 3.84. The zero-order chi connectivity index (χ0) is 15.6. The van der Waals surface area contributed by atoms with E-state index in [2.05, 4.69) is 15.3 Å². The van der Waals surface area contributed by atoms with Crippen LogP contribution >= 0.6 is 11.6 Å². The molecule has 3 rings (SSSR count). The molecular formula is C15H20ClN3O3. The van der Waals surface area contributed by atoms with Crippen molar-refractivity contribution in [2.75, 3.05) is 25.1 Å². The first-order valence-corrected chi connectivity index (χ1v) is 8.04. The van der Waals surface area contributed by atoms with E-state index in [0.717, 1.165) is 38.9 Å². The number of carbonyl (C=O) groups is 1. The van der Waals surface area contributed by atoms with E-state index >= 15 is 0 Å². The van der Waals surface area contributed by atoms with Crippen molar-refractivity contribution in [3.05, 3.63) is 17.0 Å². The van der Waals surface area contributed by atoms with Gasteiger partial charge in [-0.2, -0.15) is 4.98 Å². The summed E-state index contributed by atoms with van der Waals surface area (Å²) in [6.07, 6.45) is 5.76. The Balaban J connectivity index is 1.68. The number of ether oxygens (including phenoxy) is 2. The van der Waals surface area contributed by atoms with Crippen LogP contribution in [0.3, 0.4) is 0 Å². The second-order valence-corrected chi connectivity index (χ2v) is 6.37. The molecule has 2 aliphatic rings. The number of aromatic nitrogens is 2. The highest BCUT2D eigenvalue weighted by Crippen LogP contribution is 2.42. The van der Waals surface area contributed by atoms with Crippen molar-refractivity contribution in [1.29, 1.82) is 0 Å². The molecule has 120 valence electrons. The molecule has 0 aromatic carbocycles. The zero-order valence-corrected chi connectivity index (χ0v) is 13.4. The number of esters is 1. The Bertz CT molecular complexity index is 553. The van der Waals surface area contributed by atoms with E-state index in [0.29, 0.717) is 23.4 Å². The minimum Gasteiger partial charge on any atom is -0.462 e. The predicted octanol–water partition coefficient (Wildman–Crippen LogP) is 2.68. The lowest BCUT2D eigenvalue weighted by Crippen LogP contribution is -2.47. The van der Waals surface area contributed by atoms with Crippen LogP contribution in [0.5, 0.6) is 0 Å². The predicted molar refractivity (Wildman–Crippen MR) is 82.1 cm³/mol. The van der Waals surface area contributed by atoms with E-state index in [1.54, 1.807) is 6.92 Å². The highest BCUT2D eigenvalue weighted by atomic mass is 35.5. The fourth-order valence-corrected chi connectivity index (χ4v) is 3.21. The summed E-state index contributed by atoms with van der Waals surface area (Å²) in [7, 11) is 0. The fourth-order valence-electron chi connectivity index (χ4n) is 3.08. The molecule has 7 heteroatoms. The first kappa shape index (κ1) is 15.5. The van der Waals surface area contributed by atoms with Crippen LogP contribution in [0.1, 0.15) is 43.0 Å². The van der Waals surface area contributed by atoms with E-state index in [4.69, 9.17) is 21.1 Å². The van der Waals surface area contributed by atoms with Gasteiger partial charge in [0, 0.05) is 17.7 Å². The van der Waals surface area contributed by atoms with Crippen LogP contribution in [0.25, 0.3) is 0 Å². The van der Waals surface area contributed by atoms with Gasteiger partial charge in [-0.3, -0.25) is 0 Å². The maximum absolute atomic E-state index is 12.0. The average molecular weight is 326 g/mol. The lowest BCUT2D eigenvalue weighted by atomic mass is 9.71. The van der Waals surface area contributed by atoms with Crippen molar-refractivity contribution in [2.45, 2.75) is 38.6 Å². The Kier molecular flexibility index (Phi) is 4.49. The lowest BCUT2D eigenvalue weighted by Gasteiger charge is -2.46. The Morgan fingerprint density at radius 1 is 1.50 bits per heavy atom.